The van der Waals surface area contributed by atoms with Crippen molar-refractivity contribution >= 4 is 23.5 Å². The predicted molar refractivity (Wildman–Crippen MR) is 99.8 cm³/mol. The fraction of sp³-hybridized carbons (Fsp3) is 0.200. The van der Waals surface area contributed by atoms with Crippen LogP contribution in [-0.4, -0.2) is 69.4 Å². The molecule has 30 heavy (non-hydrogen) atoms. The van der Waals surface area contributed by atoms with Gasteiger partial charge in [0.15, 0.2) is 0 Å². The zero-order chi connectivity index (χ0) is 22.7. The summed E-state index contributed by atoms with van der Waals surface area (Å²) < 4.78 is 9.81. The van der Waals surface area contributed by atoms with Gasteiger partial charge in [-0.25, -0.2) is 9.59 Å². The van der Waals surface area contributed by atoms with Gasteiger partial charge >= 0.3 is 11.9 Å². The summed E-state index contributed by atoms with van der Waals surface area (Å²) in [6.07, 6.45) is 0. The van der Waals surface area contributed by atoms with Crippen LogP contribution < -0.4 is 9.47 Å². The highest BCUT2D eigenvalue weighted by Crippen LogP contribution is 2.32. The molecule has 4 N–H and O–H groups in total. The zero-order valence-electron chi connectivity index (χ0n) is 15.9. The minimum Gasteiger partial charge on any atom is -0.497 e. The third kappa shape index (κ3) is 3.49. The minimum atomic E-state index is -4.04. The van der Waals surface area contributed by atoms with Crippen LogP contribution in [0.3, 0.4) is 0 Å². The number of ketones is 2. The molecule has 0 aliphatic heterocycles. The molecule has 0 fully saturated rings. The monoisotopic (exact) mass is 418 g/mol. The highest BCUT2D eigenvalue weighted by atomic mass is 16.5. The van der Waals surface area contributed by atoms with E-state index in [1.807, 2.05) is 0 Å². The molecule has 0 heterocycles. The van der Waals surface area contributed by atoms with E-state index in [1.165, 1.54) is 38.5 Å². The molecule has 0 amide bonds. The molecule has 2 rings (SSSR count). The summed E-state index contributed by atoms with van der Waals surface area (Å²) in [4.78, 5) is 49.4. The Morgan fingerprint density at radius 3 is 1.10 bits per heavy atom. The molecule has 0 spiro atoms. The third-order valence-corrected chi connectivity index (χ3v) is 4.50. The first-order chi connectivity index (χ1) is 14.0. The number of carbonyl (C=O) groups excluding carboxylic acids is 2. The third-order valence-electron chi connectivity index (χ3n) is 4.50. The molecular formula is C20H18O10. The Labute approximate surface area is 169 Å². The molecule has 0 unspecified atom stereocenters. The zero-order valence-corrected chi connectivity index (χ0v) is 15.9. The van der Waals surface area contributed by atoms with Crippen molar-refractivity contribution in [2.75, 3.05) is 14.2 Å². The summed E-state index contributed by atoms with van der Waals surface area (Å²) in [6.45, 7) is 0. The van der Waals surface area contributed by atoms with Gasteiger partial charge in [0.1, 0.15) is 11.5 Å². The van der Waals surface area contributed by atoms with Crippen LogP contribution >= 0.6 is 0 Å². The first kappa shape index (κ1) is 22.5. The number of benzene rings is 2. The van der Waals surface area contributed by atoms with Crippen LogP contribution in [0.5, 0.6) is 11.5 Å². The first-order valence-electron chi connectivity index (χ1n) is 8.33. The largest absolute Gasteiger partial charge is 0.497 e. The molecule has 10 heteroatoms. The van der Waals surface area contributed by atoms with Crippen molar-refractivity contribution in [2.24, 2.45) is 0 Å². The lowest BCUT2D eigenvalue weighted by Gasteiger charge is -2.34. The highest BCUT2D eigenvalue weighted by Gasteiger charge is 2.69. The number of hydrogen-bond acceptors (Lipinski definition) is 8. The van der Waals surface area contributed by atoms with E-state index in [0.29, 0.717) is 0 Å². The van der Waals surface area contributed by atoms with Crippen molar-refractivity contribution in [3.63, 3.8) is 0 Å². The van der Waals surface area contributed by atoms with Crippen molar-refractivity contribution in [2.45, 2.75) is 11.2 Å². The van der Waals surface area contributed by atoms with E-state index in [0.717, 1.165) is 24.3 Å². The molecule has 158 valence electrons. The summed E-state index contributed by atoms with van der Waals surface area (Å²) in [5.41, 5.74) is -9.01. The van der Waals surface area contributed by atoms with E-state index in [4.69, 9.17) is 9.47 Å². The van der Waals surface area contributed by atoms with Gasteiger partial charge in [-0.3, -0.25) is 9.59 Å². The van der Waals surface area contributed by atoms with Gasteiger partial charge in [-0.1, -0.05) is 0 Å². The SMILES string of the molecule is COc1ccc(C(=O)[C@](O)(C(=O)O)[C@@](O)(C(=O)O)C(=O)c2ccc(OC)cc2)cc1. The van der Waals surface area contributed by atoms with Gasteiger partial charge < -0.3 is 29.9 Å². The highest BCUT2D eigenvalue weighted by molar-refractivity contribution is 6.28. The molecule has 0 radical (unpaired) electrons. The smallest absolute Gasteiger partial charge is 0.348 e. The maximum Gasteiger partial charge on any atom is 0.348 e. The number of aliphatic carboxylic acids is 2. The molecule has 0 saturated carbocycles. The summed E-state index contributed by atoms with van der Waals surface area (Å²) in [5.74, 6) is -7.68. The molecular weight excluding hydrogens is 400 g/mol. The van der Waals surface area contributed by atoms with Gasteiger partial charge in [0.25, 0.3) is 11.2 Å². The molecule has 0 saturated heterocycles. The Bertz CT molecular complexity index is 898. The summed E-state index contributed by atoms with van der Waals surface area (Å²) >= 11 is 0. The summed E-state index contributed by atoms with van der Waals surface area (Å²) in [6, 6.07) is 9.21. The molecule has 2 aromatic rings. The maximum absolute atomic E-state index is 12.8. The van der Waals surface area contributed by atoms with Crippen molar-refractivity contribution in [1.29, 1.82) is 0 Å². The molecule has 2 atom stereocenters. The quantitative estimate of drug-likeness (QED) is 0.330. The Hall–Kier alpha value is -3.76. The number of hydrogen-bond donors (Lipinski definition) is 4. The average Bonchev–Trinajstić information content (AvgIpc) is 2.76. The Morgan fingerprint density at radius 2 is 0.900 bits per heavy atom. The van der Waals surface area contributed by atoms with Crippen LogP contribution in [0.15, 0.2) is 48.5 Å². The number of aliphatic hydroxyl groups is 2. The fourth-order valence-corrected chi connectivity index (χ4v) is 2.73. The van der Waals surface area contributed by atoms with Gasteiger partial charge in [-0.2, -0.15) is 0 Å². The lowest BCUT2D eigenvalue weighted by atomic mass is 9.73. The van der Waals surface area contributed by atoms with Crippen LogP contribution in [0.1, 0.15) is 20.7 Å². The second-order valence-corrected chi connectivity index (χ2v) is 6.15. The number of carboxylic acid groups (broad SMARTS) is 2. The van der Waals surface area contributed by atoms with Crippen LogP contribution in [-0.2, 0) is 9.59 Å². The van der Waals surface area contributed by atoms with Crippen LogP contribution in [0, 0.1) is 0 Å². The number of Topliss-reactive ketones (excluding diaryl/α,β-unsaturated/α-hetero) is 2. The number of methoxy groups -OCH3 is 2. The molecule has 0 aliphatic rings. The van der Waals surface area contributed by atoms with Gasteiger partial charge in [0.2, 0.25) is 11.6 Å². The van der Waals surface area contributed by atoms with Crippen molar-refractivity contribution in [3.8, 4) is 11.5 Å². The topological polar surface area (TPSA) is 168 Å². The predicted octanol–water partition coefficient (Wildman–Crippen LogP) is 0.401. The Balaban J connectivity index is 2.64. The lowest BCUT2D eigenvalue weighted by molar-refractivity contribution is -0.187. The minimum absolute atomic E-state index is 0.285. The summed E-state index contributed by atoms with van der Waals surface area (Å²) in [5, 5.41) is 40.5. The fourth-order valence-electron chi connectivity index (χ4n) is 2.73. The van der Waals surface area contributed by atoms with Gasteiger partial charge in [0.05, 0.1) is 14.2 Å². The van der Waals surface area contributed by atoms with E-state index in [1.54, 1.807) is 0 Å². The number of carbonyl (C=O) groups is 4. The van der Waals surface area contributed by atoms with Crippen molar-refractivity contribution in [3.05, 3.63) is 59.7 Å². The molecule has 10 nitrogen and oxygen atoms in total. The Morgan fingerprint density at radius 1 is 0.633 bits per heavy atom. The number of ether oxygens (including phenoxy) is 2. The van der Waals surface area contributed by atoms with Gasteiger partial charge in [-0.05, 0) is 48.5 Å². The Kier molecular flexibility index (Phi) is 6.24. The van der Waals surface area contributed by atoms with E-state index >= 15 is 0 Å². The van der Waals surface area contributed by atoms with Gasteiger partial charge in [-0.15, -0.1) is 0 Å². The number of rotatable bonds is 9. The summed E-state index contributed by atoms with van der Waals surface area (Å²) in [7, 11) is 2.67. The van der Waals surface area contributed by atoms with Crippen LogP contribution in [0.2, 0.25) is 0 Å². The van der Waals surface area contributed by atoms with E-state index < -0.39 is 45.8 Å². The number of carboxylic acids is 2. The maximum atomic E-state index is 12.8. The van der Waals surface area contributed by atoms with Crippen molar-refractivity contribution in [1.82, 2.24) is 0 Å². The standard InChI is InChI=1S/C20H18O10/c1-29-13-7-3-11(4-8-13)15(21)19(27,17(23)24)20(28,18(25)26)16(22)12-5-9-14(30-2)10-6-12/h3-10,27-28H,1-2H3,(H,23,24)(H,25,26)/t19-,20-/m0/s1. The molecule has 2 aromatic carbocycles. The van der Waals surface area contributed by atoms with Gasteiger partial charge in [0, 0.05) is 11.1 Å². The second kappa shape index (κ2) is 8.31. The second-order valence-electron chi connectivity index (χ2n) is 6.15. The normalized spacial score (nSPS) is 14.7. The molecule has 0 bridgehead atoms. The van der Waals surface area contributed by atoms with E-state index in [2.05, 4.69) is 0 Å². The lowest BCUT2D eigenvalue weighted by Crippen LogP contribution is -2.71. The van der Waals surface area contributed by atoms with Crippen molar-refractivity contribution < 1.29 is 49.1 Å². The first-order valence-corrected chi connectivity index (χ1v) is 8.33. The van der Waals surface area contributed by atoms with Crippen LogP contribution in [0.4, 0.5) is 0 Å². The van der Waals surface area contributed by atoms with E-state index in [9.17, 15) is 39.6 Å². The molecule has 0 aromatic heterocycles. The average molecular weight is 418 g/mol. The van der Waals surface area contributed by atoms with E-state index in [-0.39, 0.29) is 11.5 Å². The van der Waals surface area contributed by atoms with Crippen LogP contribution in [0.25, 0.3) is 0 Å². The molecule has 0 aliphatic carbocycles.